The summed E-state index contributed by atoms with van der Waals surface area (Å²) in [4.78, 5) is 0.286. The van der Waals surface area contributed by atoms with Crippen LogP contribution in [0.5, 0.6) is 5.75 Å². The predicted octanol–water partition coefficient (Wildman–Crippen LogP) is 3.71. The molecule has 2 aromatic rings. The largest absolute Gasteiger partial charge is 0.494 e. The van der Waals surface area contributed by atoms with E-state index in [0.29, 0.717) is 6.61 Å². The third-order valence-electron chi connectivity index (χ3n) is 3.25. The van der Waals surface area contributed by atoms with Gasteiger partial charge in [-0.3, -0.25) is 0 Å². The maximum absolute atomic E-state index is 12.2. The highest BCUT2D eigenvalue weighted by Gasteiger charge is 2.15. The van der Waals surface area contributed by atoms with Crippen LogP contribution in [-0.4, -0.2) is 21.1 Å². The van der Waals surface area contributed by atoms with Crippen LogP contribution in [0.25, 0.3) is 10.8 Å². The second kappa shape index (κ2) is 7.11. The van der Waals surface area contributed by atoms with Crippen molar-refractivity contribution >= 4 is 20.8 Å². The van der Waals surface area contributed by atoms with E-state index in [1.165, 1.54) is 0 Å². The van der Waals surface area contributed by atoms with Gasteiger partial charge in [-0.1, -0.05) is 25.5 Å². The SMILES string of the molecule is CCCCOc1ccc2cc(S(=O)(=O)NC(C)C)ccc2c1. The average Bonchev–Trinajstić information content (AvgIpc) is 2.45. The Morgan fingerprint density at radius 3 is 2.45 bits per heavy atom. The second-order valence-corrected chi connectivity index (χ2v) is 7.36. The van der Waals surface area contributed by atoms with Crippen molar-refractivity contribution in [3.63, 3.8) is 0 Å². The summed E-state index contributed by atoms with van der Waals surface area (Å²) in [7, 11) is -3.46. The number of benzene rings is 2. The minimum absolute atomic E-state index is 0.130. The van der Waals surface area contributed by atoms with Crippen molar-refractivity contribution in [2.75, 3.05) is 6.61 Å². The monoisotopic (exact) mass is 321 g/mol. The Morgan fingerprint density at radius 1 is 1.09 bits per heavy atom. The van der Waals surface area contributed by atoms with E-state index in [2.05, 4.69) is 11.6 Å². The Morgan fingerprint density at radius 2 is 1.77 bits per heavy atom. The molecule has 0 atom stereocenters. The van der Waals surface area contributed by atoms with Crippen LogP contribution in [-0.2, 0) is 10.0 Å². The van der Waals surface area contributed by atoms with Crippen molar-refractivity contribution < 1.29 is 13.2 Å². The summed E-state index contributed by atoms with van der Waals surface area (Å²) in [6, 6.07) is 10.7. The Hall–Kier alpha value is -1.59. The van der Waals surface area contributed by atoms with Gasteiger partial charge >= 0.3 is 0 Å². The van der Waals surface area contributed by atoms with Gasteiger partial charge in [-0.2, -0.15) is 0 Å². The van der Waals surface area contributed by atoms with Crippen molar-refractivity contribution in [3.05, 3.63) is 36.4 Å². The summed E-state index contributed by atoms with van der Waals surface area (Å²) in [5.41, 5.74) is 0. The molecule has 0 aromatic heterocycles. The molecule has 120 valence electrons. The number of nitrogens with one attached hydrogen (secondary N) is 1. The summed E-state index contributed by atoms with van der Waals surface area (Å²) in [6.07, 6.45) is 2.12. The van der Waals surface area contributed by atoms with Gasteiger partial charge in [0, 0.05) is 6.04 Å². The highest BCUT2D eigenvalue weighted by molar-refractivity contribution is 7.89. The third-order valence-corrected chi connectivity index (χ3v) is 4.91. The van der Waals surface area contributed by atoms with Crippen molar-refractivity contribution in [2.24, 2.45) is 0 Å². The molecule has 5 heteroatoms. The molecule has 0 aliphatic carbocycles. The number of ether oxygens (including phenoxy) is 1. The zero-order valence-electron chi connectivity index (χ0n) is 13.3. The van der Waals surface area contributed by atoms with Gasteiger partial charge in [0.2, 0.25) is 10.0 Å². The fraction of sp³-hybridized carbons (Fsp3) is 0.412. The molecule has 0 aliphatic rings. The topological polar surface area (TPSA) is 55.4 Å². The lowest BCUT2D eigenvalue weighted by atomic mass is 10.1. The highest BCUT2D eigenvalue weighted by atomic mass is 32.2. The van der Waals surface area contributed by atoms with Crippen LogP contribution in [0.4, 0.5) is 0 Å². The molecular formula is C17H23NO3S. The lowest BCUT2D eigenvalue weighted by Crippen LogP contribution is -2.30. The molecule has 0 aliphatic heterocycles. The maximum Gasteiger partial charge on any atom is 0.240 e. The summed E-state index contributed by atoms with van der Waals surface area (Å²) >= 11 is 0. The van der Waals surface area contributed by atoms with Crippen LogP contribution in [0.3, 0.4) is 0 Å². The number of unbranched alkanes of at least 4 members (excludes halogenated alkanes) is 1. The van der Waals surface area contributed by atoms with Crippen LogP contribution >= 0.6 is 0 Å². The highest BCUT2D eigenvalue weighted by Crippen LogP contribution is 2.24. The van der Waals surface area contributed by atoms with E-state index in [-0.39, 0.29) is 10.9 Å². The standard InChI is InChI=1S/C17H23NO3S/c1-4-5-10-21-16-8-6-15-12-17(9-7-14(15)11-16)22(19,20)18-13(2)3/h6-9,11-13,18H,4-5,10H2,1-3H3. The van der Waals surface area contributed by atoms with Crippen LogP contribution in [0, 0.1) is 0 Å². The van der Waals surface area contributed by atoms with Crippen LogP contribution in [0.2, 0.25) is 0 Å². The quantitative estimate of drug-likeness (QED) is 0.791. The van der Waals surface area contributed by atoms with Crippen LogP contribution in [0.1, 0.15) is 33.6 Å². The molecule has 0 fully saturated rings. The smallest absolute Gasteiger partial charge is 0.240 e. The van der Waals surface area contributed by atoms with Crippen LogP contribution in [0.15, 0.2) is 41.3 Å². The third kappa shape index (κ3) is 4.21. The first kappa shape index (κ1) is 16.8. The molecule has 4 nitrogen and oxygen atoms in total. The molecule has 2 aromatic carbocycles. The van der Waals surface area contributed by atoms with E-state index < -0.39 is 10.0 Å². The molecule has 22 heavy (non-hydrogen) atoms. The van der Waals surface area contributed by atoms with Gasteiger partial charge in [0.1, 0.15) is 5.75 Å². The number of fused-ring (bicyclic) bond motifs is 1. The Labute approximate surface area is 132 Å². The number of sulfonamides is 1. The minimum atomic E-state index is -3.46. The lowest BCUT2D eigenvalue weighted by molar-refractivity contribution is 0.310. The molecule has 0 saturated carbocycles. The Bertz CT molecular complexity index is 739. The molecule has 0 amide bonds. The molecule has 0 bridgehead atoms. The van der Waals surface area contributed by atoms with Crippen LogP contribution < -0.4 is 9.46 Å². The predicted molar refractivity (Wildman–Crippen MR) is 89.8 cm³/mol. The molecule has 0 saturated heterocycles. The molecule has 0 heterocycles. The van der Waals surface area contributed by atoms with Gasteiger partial charge in [-0.15, -0.1) is 0 Å². The zero-order chi connectivity index (χ0) is 16.2. The van der Waals surface area contributed by atoms with Gasteiger partial charge in [-0.25, -0.2) is 13.1 Å². The van der Waals surface area contributed by atoms with Crippen molar-refractivity contribution in [3.8, 4) is 5.75 Å². The zero-order valence-corrected chi connectivity index (χ0v) is 14.1. The van der Waals surface area contributed by atoms with Gasteiger partial charge in [0.25, 0.3) is 0 Å². The number of hydrogen-bond acceptors (Lipinski definition) is 3. The van der Waals surface area contributed by atoms with Gasteiger partial charge in [-0.05, 0) is 55.3 Å². The Kier molecular flexibility index (Phi) is 5.42. The molecule has 0 unspecified atom stereocenters. The summed E-state index contributed by atoms with van der Waals surface area (Å²) in [5.74, 6) is 0.817. The molecule has 1 N–H and O–H groups in total. The minimum Gasteiger partial charge on any atom is -0.494 e. The van der Waals surface area contributed by atoms with E-state index in [9.17, 15) is 8.42 Å². The molecule has 0 spiro atoms. The molecular weight excluding hydrogens is 298 g/mol. The van der Waals surface area contributed by atoms with Crippen molar-refractivity contribution in [1.82, 2.24) is 4.72 Å². The normalized spacial score (nSPS) is 12.0. The van der Waals surface area contributed by atoms with E-state index in [0.717, 1.165) is 29.4 Å². The fourth-order valence-electron chi connectivity index (χ4n) is 2.17. The lowest BCUT2D eigenvalue weighted by Gasteiger charge is -2.11. The van der Waals surface area contributed by atoms with Gasteiger partial charge in [0.05, 0.1) is 11.5 Å². The average molecular weight is 321 g/mol. The first-order chi connectivity index (χ1) is 10.4. The Balaban J connectivity index is 2.27. The number of hydrogen-bond donors (Lipinski definition) is 1. The van der Waals surface area contributed by atoms with E-state index in [4.69, 9.17) is 4.74 Å². The first-order valence-electron chi connectivity index (χ1n) is 7.61. The van der Waals surface area contributed by atoms with E-state index in [1.807, 2.05) is 24.3 Å². The first-order valence-corrected chi connectivity index (χ1v) is 9.09. The van der Waals surface area contributed by atoms with E-state index in [1.54, 1.807) is 26.0 Å². The van der Waals surface area contributed by atoms with Gasteiger partial charge < -0.3 is 4.74 Å². The summed E-state index contributed by atoms with van der Waals surface area (Å²) < 4.78 is 32.7. The summed E-state index contributed by atoms with van der Waals surface area (Å²) in [5, 5.41) is 1.85. The second-order valence-electron chi connectivity index (χ2n) is 5.65. The van der Waals surface area contributed by atoms with Crippen molar-refractivity contribution in [2.45, 2.75) is 44.6 Å². The van der Waals surface area contributed by atoms with Crippen molar-refractivity contribution in [1.29, 1.82) is 0 Å². The summed E-state index contributed by atoms with van der Waals surface area (Å²) in [6.45, 7) is 6.43. The number of rotatable bonds is 7. The molecule has 2 rings (SSSR count). The molecule has 0 radical (unpaired) electrons. The van der Waals surface area contributed by atoms with E-state index >= 15 is 0 Å². The van der Waals surface area contributed by atoms with Gasteiger partial charge in [0.15, 0.2) is 0 Å². The maximum atomic E-state index is 12.2. The fourth-order valence-corrected chi connectivity index (χ4v) is 3.46.